The van der Waals surface area contributed by atoms with Gasteiger partial charge in [0.05, 0.1) is 10.4 Å². The molecule has 2 N–H and O–H groups in total. The number of fused-ring (bicyclic) bond motifs is 1. The Morgan fingerprint density at radius 2 is 2.06 bits per heavy atom. The van der Waals surface area contributed by atoms with Gasteiger partial charge in [0.15, 0.2) is 0 Å². The second kappa shape index (κ2) is 4.35. The van der Waals surface area contributed by atoms with Gasteiger partial charge in [0.1, 0.15) is 0 Å². The number of carbonyl (C=O) groups is 1. The molecule has 1 aromatic carbocycles. The van der Waals surface area contributed by atoms with E-state index in [1.165, 1.54) is 0 Å². The third-order valence-corrected chi connectivity index (χ3v) is 3.99. The van der Waals surface area contributed by atoms with E-state index in [1.54, 1.807) is 4.90 Å². The van der Waals surface area contributed by atoms with Crippen LogP contribution >= 0.6 is 12.2 Å². The monoisotopic (exact) mass is 262 g/mol. The molecule has 18 heavy (non-hydrogen) atoms. The first kappa shape index (κ1) is 13.0. The highest BCUT2D eigenvalue weighted by Gasteiger charge is 2.43. The van der Waals surface area contributed by atoms with Crippen molar-refractivity contribution in [3.8, 4) is 0 Å². The highest BCUT2D eigenvalue weighted by Crippen LogP contribution is 2.41. The summed E-state index contributed by atoms with van der Waals surface area (Å²) in [6.45, 7) is 6.41. The van der Waals surface area contributed by atoms with Crippen molar-refractivity contribution in [2.45, 2.75) is 26.2 Å². The van der Waals surface area contributed by atoms with E-state index in [0.29, 0.717) is 11.5 Å². The Morgan fingerprint density at radius 3 is 2.67 bits per heavy atom. The van der Waals surface area contributed by atoms with Crippen molar-refractivity contribution >= 4 is 28.8 Å². The van der Waals surface area contributed by atoms with Gasteiger partial charge in [0.25, 0.3) is 0 Å². The molecule has 2 rings (SSSR count). The fraction of sp³-hybridized carbons (Fsp3) is 0.429. The van der Waals surface area contributed by atoms with Crippen LogP contribution in [0.3, 0.4) is 0 Å². The predicted molar refractivity (Wildman–Crippen MR) is 77.8 cm³/mol. The molecule has 0 saturated carbocycles. The van der Waals surface area contributed by atoms with Crippen molar-refractivity contribution in [2.24, 2.45) is 11.7 Å². The van der Waals surface area contributed by atoms with E-state index >= 15 is 0 Å². The van der Waals surface area contributed by atoms with Gasteiger partial charge in [-0.2, -0.15) is 0 Å². The number of nitrogens with zero attached hydrogens (tertiary/aromatic N) is 1. The number of hydrogen-bond acceptors (Lipinski definition) is 2. The molecule has 96 valence electrons. The maximum Gasteiger partial charge on any atom is 0.237 e. The largest absolute Gasteiger partial charge is 0.393 e. The zero-order chi connectivity index (χ0) is 13.5. The van der Waals surface area contributed by atoms with E-state index in [1.807, 2.05) is 45.0 Å². The van der Waals surface area contributed by atoms with E-state index in [-0.39, 0.29) is 11.8 Å². The lowest BCUT2D eigenvalue weighted by molar-refractivity contribution is -0.122. The first-order valence-electron chi connectivity index (χ1n) is 6.06. The first-order chi connectivity index (χ1) is 8.35. The van der Waals surface area contributed by atoms with Gasteiger partial charge in [-0.1, -0.05) is 37.3 Å². The Bertz CT molecular complexity index is 510. The van der Waals surface area contributed by atoms with Gasteiger partial charge in [-0.3, -0.25) is 4.79 Å². The molecule has 1 atom stereocenters. The Labute approximate surface area is 113 Å². The smallest absolute Gasteiger partial charge is 0.237 e. The van der Waals surface area contributed by atoms with Crippen LogP contribution in [-0.4, -0.2) is 17.4 Å². The molecule has 1 heterocycles. The van der Waals surface area contributed by atoms with Crippen LogP contribution in [-0.2, 0) is 10.2 Å². The number of thiocarbonyl (C=S) groups is 1. The van der Waals surface area contributed by atoms with Crippen molar-refractivity contribution in [1.29, 1.82) is 0 Å². The summed E-state index contributed by atoms with van der Waals surface area (Å²) in [6.07, 6.45) is 0. The topological polar surface area (TPSA) is 46.3 Å². The first-order valence-corrected chi connectivity index (χ1v) is 6.47. The van der Waals surface area contributed by atoms with E-state index in [9.17, 15) is 4.79 Å². The Balaban J connectivity index is 2.39. The van der Waals surface area contributed by atoms with Crippen molar-refractivity contribution in [2.75, 3.05) is 11.4 Å². The van der Waals surface area contributed by atoms with Gasteiger partial charge in [0.2, 0.25) is 5.91 Å². The molecule has 0 radical (unpaired) electrons. The fourth-order valence-electron chi connectivity index (χ4n) is 2.34. The summed E-state index contributed by atoms with van der Waals surface area (Å²) in [6, 6.07) is 7.91. The second-order valence-electron chi connectivity index (χ2n) is 5.36. The summed E-state index contributed by atoms with van der Waals surface area (Å²) in [5.74, 6) is 0.137. The third-order valence-electron chi connectivity index (χ3n) is 3.59. The second-order valence-corrected chi connectivity index (χ2v) is 5.83. The summed E-state index contributed by atoms with van der Waals surface area (Å²) >= 11 is 4.99. The number of hydrogen-bond donors (Lipinski definition) is 1. The third kappa shape index (κ3) is 1.90. The van der Waals surface area contributed by atoms with Crippen molar-refractivity contribution in [1.82, 2.24) is 0 Å². The van der Waals surface area contributed by atoms with Crippen molar-refractivity contribution in [3.05, 3.63) is 29.8 Å². The summed E-state index contributed by atoms with van der Waals surface area (Å²) in [5.41, 5.74) is 7.23. The molecule has 1 aromatic rings. The van der Waals surface area contributed by atoms with Gasteiger partial charge in [-0.25, -0.2) is 0 Å². The van der Waals surface area contributed by atoms with E-state index in [4.69, 9.17) is 18.0 Å². The minimum Gasteiger partial charge on any atom is -0.393 e. The fourth-order valence-corrected chi connectivity index (χ4v) is 2.42. The lowest BCUT2D eigenvalue weighted by Gasteiger charge is -2.23. The van der Waals surface area contributed by atoms with Gasteiger partial charge in [-0.05, 0) is 25.5 Å². The average molecular weight is 262 g/mol. The predicted octanol–water partition coefficient (Wildman–Crippen LogP) is 2.23. The number of para-hydroxylation sites is 1. The molecule has 0 saturated heterocycles. The molecule has 0 aliphatic carbocycles. The number of benzene rings is 1. The summed E-state index contributed by atoms with van der Waals surface area (Å²) < 4.78 is 0. The van der Waals surface area contributed by atoms with Crippen LogP contribution in [0.15, 0.2) is 24.3 Å². The van der Waals surface area contributed by atoms with E-state index < -0.39 is 5.41 Å². The molecule has 3 nitrogen and oxygen atoms in total. The zero-order valence-corrected chi connectivity index (χ0v) is 11.8. The molecule has 0 spiro atoms. The Kier molecular flexibility index (Phi) is 3.15. The van der Waals surface area contributed by atoms with Crippen LogP contribution in [0, 0.1) is 5.92 Å². The highest BCUT2D eigenvalue weighted by atomic mass is 32.1. The molecule has 0 bridgehead atoms. The number of carbonyl (C=O) groups excluding carboxylic acids is 1. The summed E-state index contributed by atoms with van der Waals surface area (Å²) in [7, 11) is 0. The van der Waals surface area contributed by atoms with Crippen LogP contribution < -0.4 is 10.6 Å². The average Bonchev–Trinajstić information content (AvgIpc) is 2.51. The molecule has 4 heteroatoms. The highest BCUT2D eigenvalue weighted by molar-refractivity contribution is 7.80. The molecule has 0 aromatic heterocycles. The molecular formula is C14H18N2OS. The maximum absolute atomic E-state index is 12.5. The number of anilines is 1. The number of rotatable bonds is 3. The Hall–Kier alpha value is -1.42. The van der Waals surface area contributed by atoms with Crippen LogP contribution in [0.4, 0.5) is 5.69 Å². The zero-order valence-electron chi connectivity index (χ0n) is 10.9. The van der Waals surface area contributed by atoms with Crippen molar-refractivity contribution in [3.63, 3.8) is 0 Å². The quantitative estimate of drug-likeness (QED) is 0.850. The van der Waals surface area contributed by atoms with Crippen LogP contribution in [0.2, 0.25) is 0 Å². The SMILES string of the molecule is CC(CN1C(=O)C(C)(C)c2ccccc21)C(N)=S. The maximum atomic E-state index is 12.5. The van der Waals surface area contributed by atoms with Crippen LogP contribution in [0.1, 0.15) is 26.3 Å². The van der Waals surface area contributed by atoms with Crippen molar-refractivity contribution < 1.29 is 4.79 Å². The van der Waals surface area contributed by atoms with Crippen LogP contribution in [0.25, 0.3) is 0 Å². The van der Waals surface area contributed by atoms with Gasteiger partial charge < -0.3 is 10.6 Å². The summed E-state index contributed by atoms with van der Waals surface area (Å²) in [4.78, 5) is 14.7. The lowest BCUT2D eigenvalue weighted by atomic mass is 9.86. The van der Waals surface area contributed by atoms with Crippen LogP contribution in [0.5, 0.6) is 0 Å². The lowest BCUT2D eigenvalue weighted by Crippen LogP contribution is -2.40. The normalized spacial score (nSPS) is 18.6. The molecule has 0 fully saturated rings. The standard InChI is InChI=1S/C14H18N2OS/c1-9(12(15)18)8-16-11-7-5-4-6-10(11)14(2,3)13(16)17/h4-7,9H,8H2,1-3H3,(H2,15,18). The van der Waals surface area contributed by atoms with Gasteiger partial charge >= 0.3 is 0 Å². The van der Waals surface area contributed by atoms with E-state index in [2.05, 4.69) is 0 Å². The minimum absolute atomic E-state index is 0.0194. The van der Waals surface area contributed by atoms with Gasteiger partial charge in [0, 0.05) is 18.2 Å². The molecule has 1 aliphatic heterocycles. The number of nitrogens with two attached hydrogens (primary N) is 1. The van der Waals surface area contributed by atoms with Gasteiger partial charge in [-0.15, -0.1) is 0 Å². The summed E-state index contributed by atoms with van der Waals surface area (Å²) in [5, 5.41) is 0. The molecular weight excluding hydrogens is 244 g/mol. The minimum atomic E-state index is -0.466. The molecule has 1 aliphatic rings. The van der Waals surface area contributed by atoms with E-state index in [0.717, 1.165) is 11.3 Å². The number of amides is 1. The molecule has 1 amide bonds. The Morgan fingerprint density at radius 1 is 1.44 bits per heavy atom. The molecule has 1 unspecified atom stereocenters.